The third-order valence-corrected chi connectivity index (χ3v) is 1.27. The summed E-state index contributed by atoms with van der Waals surface area (Å²) in [7, 11) is 3.47. The summed E-state index contributed by atoms with van der Waals surface area (Å²) < 4.78 is 5.05. The lowest BCUT2D eigenvalue weighted by atomic mass is 10.3. The van der Waals surface area contributed by atoms with Crippen LogP contribution in [0.4, 0.5) is 0 Å². The zero-order valence-electron chi connectivity index (χ0n) is 7.35. The molecule has 0 aliphatic carbocycles. The minimum absolute atomic E-state index is 0.755. The fraction of sp³-hybridized carbons (Fsp3) is 0.333. The number of ether oxygens (including phenoxy) is 1. The van der Waals surface area contributed by atoms with Crippen LogP contribution in [-0.2, 0) is 4.74 Å². The van der Waals surface area contributed by atoms with Crippen molar-refractivity contribution in [2.75, 3.05) is 14.2 Å². The molecule has 0 unspecified atom stereocenters. The molecule has 2 nitrogen and oxygen atoms in total. The van der Waals surface area contributed by atoms with Crippen molar-refractivity contribution in [2.24, 2.45) is 0 Å². The van der Waals surface area contributed by atoms with E-state index in [1.165, 1.54) is 0 Å². The molecule has 0 aromatic carbocycles. The van der Waals surface area contributed by atoms with Crippen LogP contribution in [0.15, 0.2) is 36.3 Å². The van der Waals surface area contributed by atoms with Crippen molar-refractivity contribution >= 4 is 0 Å². The van der Waals surface area contributed by atoms with Crippen LogP contribution >= 0.6 is 0 Å². The first kappa shape index (κ1) is 9.82. The molecule has 0 rings (SSSR count). The van der Waals surface area contributed by atoms with Gasteiger partial charge in [-0.05, 0) is 19.1 Å². The lowest BCUT2D eigenvalue weighted by Gasteiger charge is -2.06. The molecule has 0 amide bonds. The Kier molecular flexibility index (Phi) is 4.99. The number of rotatable bonds is 4. The molecule has 1 N–H and O–H groups in total. The molecule has 0 saturated carbocycles. The minimum atomic E-state index is 0.755. The average Bonchev–Trinajstić information content (AvgIpc) is 2.05. The Morgan fingerprint density at radius 3 is 2.45 bits per heavy atom. The standard InChI is InChI=1S/C9H15NO/c1-5-7-8(10-3)9(6-2)11-4/h5-7,10H,2H2,1,3-4H3/b7-5-,9-8-. The maximum absolute atomic E-state index is 5.05. The molecular weight excluding hydrogens is 138 g/mol. The molecule has 0 aromatic rings. The molecule has 0 aromatic heterocycles. The van der Waals surface area contributed by atoms with Crippen LogP contribution in [0.2, 0.25) is 0 Å². The average molecular weight is 153 g/mol. The van der Waals surface area contributed by atoms with Crippen molar-refractivity contribution in [2.45, 2.75) is 6.92 Å². The highest BCUT2D eigenvalue weighted by Crippen LogP contribution is 2.03. The highest BCUT2D eigenvalue weighted by molar-refractivity contribution is 5.26. The van der Waals surface area contributed by atoms with Crippen molar-refractivity contribution in [1.29, 1.82) is 0 Å². The maximum Gasteiger partial charge on any atom is 0.141 e. The van der Waals surface area contributed by atoms with E-state index < -0.39 is 0 Å². The molecule has 0 atom stereocenters. The van der Waals surface area contributed by atoms with Crippen LogP contribution in [0.3, 0.4) is 0 Å². The van der Waals surface area contributed by atoms with Crippen LogP contribution in [0.1, 0.15) is 6.92 Å². The zero-order valence-corrected chi connectivity index (χ0v) is 7.35. The smallest absolute Gasteiger partial charge is 0.141 e. The van der Waals surface area contributed by atoms with Crippen LogP contribution in [0.25, 0.3) is 0 Å². The summed E-state index contributed by atoms with van der Waals surface area (Å²) in [5, 5.41) is 3.00. The van der Waals surface area contributed by atoms with Gasteiger partial charge in [0, 0.05) is 7.05 Å². The summed E-state index contributed by atoms with van der Waals surface area (Å²) in [5.74, 6) is 0.755. The SMILES string of the molecule is C=C/C(OC)=C(\C=C/C)NC. The van der Waals surface area contributed by atoms with Gasteiger partial charge in [0.15, 0.2) is 0 Å². The molecule has 0 saturated heterocycles. The van der Waals surface area contributed by atoms with Crippen molar-refractivity contribution in [1.82, 2.24) is 5.32 Å². The van der Waals surface area contributed by atoms with Gasteiger partial charge >= 0.3 is 0 Å². The normalized spacial score (nSPS) is 12.6. The topological polar surface area (TPSA) is 21.3 Å². The third-order valence-electron chi connectivity index (χ3n) is 1.27. The van der Waals surface area contributed by atoms with E-state index in [0.29, 0.717) is 0 Å². The molecule has 0 heterocycles. The zero-order chi connectivity index (χ0) is 8.69. The quantitative estimate of drug-likeness (QED) is 0.491. The first-order valence-electron chi connectivity index (χ1n) is 3.51. The number of allylic oxidation sites excluding steroid dienone is 3. The number of hydrogen-bond donors (Lipinski definition) is 1. The summed E-state index contributed by atoms with van der Waals surface area (Å²) >= 11 is 0. The number of likely N-dealkylation sites (N-methyl/N-ethyl adjacent to an activating group) is 1. The van der Waals surface area contributed by atoms with E-state index in [0.717, 1.165) is 11.5 Å². The fourth-order valence-corrected chi connectivity index (χ4v) is 0.759. The van der Waals surface area contributed by atoms with Gasteiger partial charge in [-0.2, -0.15) is 0 Å². The summed E-state index contributed by atoms with van der Waals surface area (Å²) in [6.45, 7) is 5.58. The van der Waals surface area contributed by atoms with E-state index >= 15 is 0 Å². The predicted molar refractivity (Wildman–Crippen MR) is 48.1 cm³/mol. The van der Waals surface area contributed by atoms with Gasteiger partial charge in [0.2, 0.25) is 0 Å². The van der Waals surface area contributed by atoms with E-state index in [1.807, 2.05) is 26.1 Å². The molecule has 62 valence electrons. The monoisotopic (exact) mass is 153 g/mol. The molecule has 0 radical (unpaired) electrons. The molecule has 0 aliphatic heterocycles. The van der Waals surface area contributed by atoms with Gasteiger partial charge in [0.1, 0.15) is 5.76 Å². The second-order valence-corrected chi connectivity index (χ2v) is 1.94. The highest BCUT2D eigenvalue weighted by atomic mass is 16.5. The Balaban J connectivity index is 4.61. The van der Waals surface area contributed by atoms with Crippen molar-refractivity contribution < 1.29 is 4.74 Å². The van der Waals surface area contributed by atoms with Crippen molar-refractivity contribution in [3.63, 3.8) is 0 Å². The Morgan fingerprint density at radius 2 is 2.18 bits per heavy atom. The van der Waals surface area contributed by atoms with Crippen molar-refractivity contribution in [3.05, 3.63) is 36.3 Å². The number of hydrogen-bond acceptors (Lipinski definition) is 2. The Morgan fingerprint density at radius 1 is 1.55 bits per heavy atom. The van der Waals surface area contributed by atoms with Gasteiger partial charge in [-0.1, -0.05) is 12.7 Å². The molecule has 0 spiro atoms. The van der Waals surface area contributed by atoms with Crippen LogP contribution < -0.4 is 5.32 Å². The summed E-state index contributed by atoms with van der Waals surface area (Å²) in [5.41, 5.74) is 0.935. The molecule has 2 heteroatoms. The van der Waals surface area contributed by atoms with Crippen LogP contribution in [-0.4, -0.2) is 14.2 Å². The first-order chi connectivity index (χ1) is 5.29. The summed E-state index contributed by atoms with van der Waals surface area (Å²) in [6, 6.07) is 0. The van der Waals surface area contributed by atoms with E-state index in [9.17, 15) is 0 Å². The third kappa shape index (κ3) is 2.94. The Bertz CT molecular complexity index is 180. The summed E-state index contributed by atoms with van der Waals surface area (Å²) in [4.78, 5) is 0. The largest absolute Gasteiger partial charge is 0.495 e. The Labute approximate surface area is 68.3 Å². The molecule has 0 aliphatic rings. The van der Waals surface area contributed by atoms with Gasteiger partial charge in [0.05, 0.1) is 12.8 Å². The second-order valence-electron chi connectivity index (χ2n) is 1.94. The van der Waals surface area contributed by atoms with E-state index in [-0.39, 0.29) is 0 Å². The summed E-state index contributed by atoms with van der Waals surface area (Å²) in [6.07, 6.45) is 5.54. The number of nitrogens with one attached hydrogen (secondary N) is 1. The highest BCUT2D eigenvalue weighted by Gasteiger charge is 1.95. The van der Waals surface area contributed by atoms with Gasteiger partial charge in [0.25, 0.3) is 0 Å². The lowest BCUT2D eigenvalue weighted by Crippen LogP contribution is -2.06. The number of methoxy groups -OCH3 is 1. The van der Waals surface area contributed by atoms with E-state index in [2.05, 4.69) is 11.9 Å². The van der Waals surface area contributed by atoms with E-state index in [1.54, 1.807) is 13.2 Å². The molecule has 0 fully saturated rings. The predicted octanol–water partition coefficient (Wildman–Crippen LogP) is 1.83. The van der Waals surface area contributed by atoms with Crippen LogP contribution in [0.5, 0.6) is 0 Å². The van der Waals surface area contributed by atoms with Crippen molar-refractivity contribution in [3.8, 4) is 0 Å². The van der Waals surface area contributed by atoms with Gasteiger partial charge < -0.3 is 10.1 Å². The minimum Gasteiger partial charge on any atom is -0.495 e. The molecular formula is C9H15NO. The van der Waals surface area contributed by atoms with E-state index in [4.69, 9.17) is 4.74 Å². The van der Waals surface area contributed by atoms with Gasteiger partial charge in [-0.3, -0.25) is 0 Å². The lowest BCUT2D eigenvalue weighted by molar-refractivity contribution is 0.301. The van der Waals surface area contributed by atoms with Gasteiger partial charge in [-0.25, -0.2) is 0 Å². The maximum atomic E-state index is 5.05. The van der Waals surface area contributed by atoms with Gasteiger partial charge in [-0.15, -0.1) is 0 Å². The molecule has 0 bridgehead atoms. The fourth-order valence-electron chi connectivity index (χ4n) is 0.759. The first-order valence-corrected chi connectivity index (χ1v) is 3.51. The second kappa shape index (κ2) is 5.59. The molecule has 11 heavy (non-hydrogen) atoms. The Hall–Kier alpha value is -1.18. The van der Waals surface area contributed by atoms with Crippen LogP contribution in [0, 0.1) is 0 Å².